The molecule has 0 spiro atoms. The van der Waals surface area contributed by atoms with Crippen molar-refractivity contribution in [1.29, 1.82) is 0 Å². The van der Waals surface area contributed by atoms with Gasteiger partial charge < -0.3 is 9.47 Å². The molecule has 0 bridgehead atoms. The molecule has 0 unspecified atom stereocenters. The first-order valence-corrected chi connectivity index (χ1v) is 2.67. The van der Waals surface area contributed by atoms with Crippen molar-refractivity contribution in [3.63, 3.8) is 0 Å². The fourth-order valence-electron chi connectivity index (χ4n) is 0.503. The van der Waals surface area contributed by atoms with E-state index in [2.05, 4.69) is 6.58 Å². The third kappa shape index (κ3) is 1.64. The van der Waals surface area contributed by atoms with Crippen LogP contribution in [0.5, 0.6) is 0 Å². The molecule has 48 valence electrons. The predicted molar refractivity (Wildman–Crippen MR) is 34.5 cm³/mol. The Labute approximate surface area is 54.1 Å². The first kappa shape index (κ1) is 5.95. The van der Waals surface area contributed by atoms with Gasteiger partial charge in [0.1, 0.15) is 6.26 Å². The molecule has 0 N–H and O–H groups in total. The fourth-order valence-corrected chi connectivity index (χ4v) is 0.503. The van der Waals surface area contributed by atoms with Crippen LogP contribution in [-0.2, 0) is 9.47 Å². The van der Waals surface area contributed by atoms with E-state index in [9.17, 15) is 0 Å². The highest BCUT2D eigenvalue weighted by Gasteiger charge is 1.98. The molecule has 9 heavy (non-hydrogen) atoms. The van der Waals surface area contributed by atoms with Crippen molar-refractivity contribution in [2.75, 3.05) is 6.79 Å². The molecule has 0 saturated heterocycles. The summed E-state index contributed by atoms with van der Waals surface area (Å²) in [6, 6.07) is 0. The van der Waals surface area contributed by atoms with Crippen LogP contribution in [0.3, 0.4) is 0 Å². The lowest BCUT2D eigenvalue weighted by molar-refractivity contribution is 0.0844. The third-order valence-electron chi connectivity index (χ3n) is 0.890. The summed E-state index contributed by atoms with van der Waals surface area (Å²) < 4.78 is 9.74. The van der Waals surface area contributed by atoms with Gasteiger partial charge >= 0.3 is 0 Å². The monoisotopic (exact) mass is 124 g/mol. The van der Waals surface area contributed by atoms with Gasteiger partial charge in [-0.3, -0.25) is 0 Å². The van der Waals surface area contributed by atoms with Gasteiger partial charge in [-0.1, -0.05) is 18.7 Å². The van der Waals surface area contributed by atoms with E-state index < -0.39 is 0 Å². The van der Waals surface area contributed by atoms with E-state index in [0.717, 1.165) is 5.76 Å². The highest BCUT2D eigenvalue weighted by atomic mass is 16.7. The molecule has 1 rings (SSSR count). The van der Waals surface area contributed by atoms with E-state index in [0.29, 0.717) is 6.79 Å². The van der Waals surface area contributed by atoms with Gasteiger partial charge in [-0.05, 0) is 6.08 Å². The van der Waals surface area contributed by atoms with Crippen LogP contribution < -0.4 is 0 Å². The highest BCUT2D eigenvalue weighted by Crippen LogP contribution is 2.06. The number of allylic oxidation sites excluding steroid dienone is 3. The van der Waals surface area contributed by atoms with Crippen LogP contribution in [0.4, 0.5) is 0 Å². The molecule has 0 amide bonds. The van der Waals surface area contributed by atoms with Crippen LogP contribution >= 0.6 is 0 Å². The molecule has 0 aromatic rings. The maximum Gasteiger partial charge on any atom is 0.230 e. The summed E-state index contributed by atoms with van der Waals surface area (Å²) in [5.41, 5.74) is 0. The Bertz CT molecular complexity index is 156. The summed E-state index contributed by atoms with van der Waals surface area (Å²) in [5, 5.41) is 0. The molecular weight excluding hydrogens is 116 g/mol. The quantitative estimate of drug-likeness (QED) is 0.520. The molecule has 1 heterocycles. The van der Waals surface area contributed by atoms with Crippen LogP contribution in [0.2, 0.25) is 0 Å². The van der Waals surface area contributed by atoms with Gasteiger partial charge in [-0.2, -0.15) is 0 Å². The number of rotatable bonds is 2. The lowest BCUT2D eigenvalue weighted by Gasteiger charge is -1.89. The van der Waals surface area contributed by atoms with Gasteiger partial charge in [-0.15, -0.1) is 0 Å². The lowest BCUT2D eigenvalue weighted by Crippen LogP contribution is -1.80. The van der Waals surface area contributed by atoms with Crippen LogP contribution in [0.1, 0.15) is 0 Å². The number of hydrogen-bond acceptors (Lipinski definition) is 2. The zero-order valence-electron chi connectivity index (χ0n) is 5.04. The lowest BCUT2D eigenvalue weighted by atomic mass is 10.4. The van der Waals surface area contributed by atoms with Gasteiger partial charge in [0.05, 0.1) is 0 Å². The van der Waals surface area contributed by atoms with Crippen molar-refractivity contribution in [2.45, 2.75) is 0 Å². The third-order valence-corrected chi connectivity index (χ3v) is 0.890. The van der Waals surface area contributed by atoms with Crippen LogP contribution in [0, 0.1) is 0 Å². The van der Waals surface area contributed by atoms with Gasteiger partial charge in [-0.25, -0.2) is 0 Å². The molecule has 0 atom stereocenters. The van der Waals surface area contributed by atoms with Gasteiger partial charge in [0.2, 0.25) is 6.79 Å². The molecule has 2 heteroatoms. The first-order valence-electron chi connectivity index (χ1n) is 2.67. The summed E-state index contributed by atoms with van der Waals surface area (Å²) in [7, 11) is 0. The van der Waals surface area contributed by atoms with Crippen molar-refractivity contribution in [3.05, 3.63) is 36.8 Å². The van der Waals surface area contributed by atoms with E-state index >= 15 is 0 Å². The molecule has 0 saturated carbocycles. The Morgan fingerprint density at radius 1 is 1.67 bits per heavy atom. The second kappa shape index (κ2) is 2.97. The molecule has 0 aromatic carbocycles. The minimum atomic E-state index is 0.330. The second-order valence-electron chi connectivity index (χ2n) is 1.54. The SMILES string of the molecule is C=C/C=C\C1=COCO1. The van der Waals surface area contributed by atoms with E-state index in [-0.39, 0.29) is 0 Å². The smallest absolute Gasteiger partial charge is 0.230 e. The summed E-state index contributed by atoms with van der Waals surface area (Å²) in [6.07, 6.45) is 6.84. The van der Waals surface area contributed by atoms with Crippen LogP contribution in [-0.4, -0.2) is 6.79 Å². The standard InChI is InChI=1S/C7H8O2/c1-2-3-4-7-5-8-6-9-7/h2-5H,1,6H2/b4-3-. The van der Waals surface area contributed by atoms with E-state index in [1.807, 2.05) is 0 Å². The summed E-state index contributed by atoms with van der Waals surface area (Å²) in [5.74, 6) is 0.745. The Kier molecular flexibility index (Phi) is 1.96. The zero-order chi connectivity index (χ0) is 6.53. The topological polar surface area (TPSA) is 18.5 Å². The molecule has 0 aliphatic carbocycles. The zero-order valence-corrected chi connectivity index (χ0v) is 5.04. The summed E-state index contributed by atoms with van der Waals surface area (Å²) >= 11 is 0. The van der Waals surface area contributed by atoms with Crippen molar-refractivity contribution in [1.82, 2.24) is 0 Å². The van der Waals surface area contributed by atoms with Crippen LogP contribution in [0.15, 0.2) is 36.8 Å². The van der Waals surface area contributed by atoms with Crippen molar-refractivity contribution >= 4 is 0 Å². The summed E-state index contributed by atoms with van der Waals surface area (Å²) in [4.78, 5) is 0. The predicted octanol–water partition coefficient (Wildman–Crippen LogP) is 1.57. The Hall–Kier alpha value is -1.18. The maximum absolute atomic E-state index is 4.96. The van der Waals surface area contributed by atoms with E-state index in [4.69, 9.17) is 9.47 Å². The van der Waals surface area contributed by atoms with Crippen molar-refractivity contribution in [2.24, 2.45) is 0 Å². The Balaban J connectivity index is 2.42. The molecule has 0 fully saturated rings. The van der Waals surface area contributed by atoms with E-state index in [1.165, 1.54) is 0 Å². The minimum Gasteiger partial charge on any atom is -0.461 e. The molecule has 1 aliphatic heterocycles. The Morgan fingerprint density at radius 3 is 3.11 bits per heavy atom. The molecule has 0 radical (unpaired) electrons. The van der Waals surface area contributed by atoms with E-state index in [1.54, 1.807) is 24.5 Å². The average molecular weight is 124 g/mol. The fraction of sp³-hybridized carbons (Fsp3) is 0.143. The van der Waals surface area contributed by atoms with Crippen LogP contribution in [0.25, 0.3) is 0 Å². The molecule has 0 aromatic heterocycles. The Morgan fingerprint density at radius 2 is 2.56 bits per heavy atom. The van der Waals surface area contributed by atoms with Crippen molar-refractivity contribution in [3.8, 4) is 0 Å². The van der Waals surface area contributed by atoms with Gasteiger partial charge in [0, 0.05) is 0 Å². The number of hydrogen-bond donors (Lipinski definition) is 0. The maximum atomic E-state index is 4.96. The molecule has 1 aliphatic rings. The average Bonchev–Trinajstić information content (AvgIpc) is 2.34. The van der Waals surface area contributed by atoms with Crippen molar-refractivity contribution < 1.29 is 9.47 Å². The van der Waals surface area contributed by atoms with Gasteiger partial charge in [0.15, 0.2) is 5.76 Å². The largest absolute Gasteiger partial charge is 0.461 e. The first-order chi connectivity index (χ1) is 4.43. The minimum absolute atomic E-state index is 0.330. The summed E-state index contributed by atoms with van der Waals surface area (Å²) in [6.45, 7) is 3.84. The molecule has 2 nitrogen and oxygen atoms in total. The molecular formula is C7H8O2. The highest BCUT2D eigenvalue weighted by molar-refractivity contribution is 5.15. The number of ether oxygens (including phenoxy) is 2. The van der Waals surface area contributed by atoms with Gasteiger partial charge in [0.25, 0.3) is 0 Å². The second-order valence-corrected chi connectivity index (χ2v) is 1.54. The normalized spacial score (nSPS) is 16.7.